The monoisotopic (exact) mass is 263 g/mol. The fraction of sp³-hybridized carbons (Fsp3) is 0. The SMILES string of the molecule is c1ccc2oc(-c3nnc(-c4ccncc4)o3)cc2c1. The summed E-state index contributed by atoms with van der Waals surface area (Å²) in [5.74, 6) is 1.38. The van der Waals surface area contributed by atoms with Crippen molar-refractivity contribution in [2.24, 2.45) is 0 Å². The molecule has 0 amide bonds. The Hall–Kier alpha value is -2.95. The van der Waals surface area contributed by atoms with E-state index in [2.05, 4.69) is 15.2 Å². The Bertz CT molecular complexity index is 832. The molecule has 0 radical (unpaired) electrons. The highest BCUT2D eigenvalue weighted by atomic mass is 16.4. The lowest BCUT2D eigenvalue weighted by molar-refractivity contribution is 0.542. The summed E-state index contributed by atoms with van der Waals surface area (Å²) in [7, 11) is 0. The van der Waals surface area contributed by atoms with Crippen molar-refractivity contribution in [3.05, 3.63) is 54.9 Å². The van der Waals surface area contributed by atoms with Gasteiger partial charge in [0.15, 0.2) is 5.76 Å². The maximum Gasteiger partial charge on any atom is 0.283 e. The summed E-state index contributed by atoms with van der Waals surface area (Å²) in [6.07, 6.45) is 3.36. The van der Waals surface area contributed by atoms with E-state index < -0.39 is 0 Å². The first-order valence-electron chi connectivity index (χ1n) is 6.13. The van der Waals surface area contributed by atoms with Crippen LogP contribution in [0.2, 0.25) is 0 Å². The largest absolute Gasteiger partial charge is 0.451 e. The Labute approximate surface area is 113 Å². The van der Waals surface area contributed by atoms with E-state index >= 15 is 0 Å². The fourth-order valence-corrected chi connectivity index (χ4v) is 2.02. The molecule has 0 saturated heterocycles. The predicted molar refractivity (Wildman–Crippen MR) is 72.7 cm³/mol. The van der Waals surface area contributed by atoms with Gasteiger partial charge in [-0.3, -0.25) is 4.98 Å². The molecule has 0 aliphatic heterocycles. The molecular weight excluding hydrogens is 254 g/mol. The molecule has 20 heavy (non-hydrogen) atoms. The molecule has 3 heterocycles. The van der Waals surface area contributed by atoms with Crippen molar-refractivity contribution in [3.8, 4) is 23.1 Å². The highest BCUT2D eigenvalue weighted by Gasteiger charge is 2.14. The molecule has 0 saturated carbocycles. The Morgan fingerprint density at radius 2 is 1.60 bits per heavy atom. The maximum absolute atomic E-state index is 5.69. The molecule has 0 fully saturated rings. The number of aromatic nitrogens is 3. The second-order valence-electron chi connectivity index (χ2n) is 4.30. The number of para-hydroxylation sites is 1. The van der Waals surface area contributed by atoms with E-state index in [1.54, 1.807) is 12.4 Å². The first-order valence-corrected chi connectivity index (χ1v) is 6.13. The van der Waals surface area contributed by atoms with E-state index in [4.69, 9.17) is 8.83 Å². The normalized spacial score (nSPS) is 11.0. The second kappa shape index (κ2) is 4.31. The van der Waals surface area contributed by atoms with Crippen molar-refractivity contribution in [3.63, 3.8) is 0 Å². The van der Waals surface area contributed by atoms with Crippen molar-refractivity contribution < 1.29 is 8.83 Å². The van der Waals surface area contributed by atoms with Gasteiger partial charge in [0.2, 0.25) is 5.89 Å². The van der Waals surface area contributed by atoms with Crippen LogP contribution in [0.1, 0.15) is 0 Å². The molecule has 0 unspecified atom stereocenters. The maximum atomic E-state index is 5.69. The minimum absolute atomic E-state index is 0.369. The molecule has 3 aromatic heterocycles. The van der Waals surface area contributed by atoms with Crippen molar-refractivity contribution in [2.75, 3.05) is 0 Å². The topological polar surface area (TPSA) is 65.0 Å². The van der Waals surface area contributed by atoms with E-state index in [1.165, 1.54) is 0 Å². The number of benzene rings is 1. The van der Waals surface area contributed by atoms with Crippen LogP contribution < -0.4 is 0 Å². The molecule has 0 aliphatic rings. The number of nitrogens with zero attached hydrogens (tertiary/aromatic N) is 3. The van der Waals surface area contributed by atoms with Gasteiger partial charge in [0.25, 0.3) is 5.89 Å². The molecular formula is C15H9N3O2. The second-order valence-corrected chi connectivity index (χ2v) is 4.30. The predicted octanol–water partition coefficient (Wildman–Crippen LogP) is 3.54. The smallest absolute Gasteiger partial charge is 0.283 e. The zero-order valence-electron chi connectivity index (χ0n) is 10.4. The van der Waals surface area contributed by atoms with Crippen LogP contribution in [0.15, 0.2) is 63.7 Å². The summed E-state index contributed by atoms with van der Waals surface area (Å²) in [5, 5.41) is 9.06. The van der Waals surface area contributed by atoms with Crippen LogP contribution in [-0.2, 0) is 0 Å². The third-order valence-corrected chi connectivity index (χ3v) is 2.99. The molecule has 5 nitrogen and oxygen atoms in total. The average molecular weight is 263 g/mol. The summed E-state index contributed by atoms with van der Waals surface area (Å²) >= 11 is 0. The molecule has 0 spiro atoms. The summed E-state index contributed by atoms with van der Waals surface area (Å²) in [6.45, 7) is 0. The zero-order chi connectivity index (χ0) is 13.4. The van der Waals surface area contributed by atoms with Gasteiger partial charge in [-0.05, 0) is 24.3 Å². The third-order valence-electron chi connectivity index (χ3n) is 2.99. The Morgan fingerprint density at radius 3 is 2.45 bits per heavy atom. The fourth-order valence-electron chi connectivity index (χ4n) is 2.02. The van der Waals surface area contributed by atoms with E-state index in [0.717, 1.165) is 16.5 Å². The number of hydrogen-bond acceptors (Lipinski definition) is 5. The van der Waals surface area contributed by atoms with Crippen molar-refractivity contribution in [1.82, 2.24) is 15.2 Å². The van der Waals surface area contributed by atoms with E-state index in [-0.39, 0.29) is 0 Å². The lowest BCUT2D eigenvalue weighted by Crippen LogP contribution is -1.77. The van der Waals surface area contributed by atoms with Crippen LogP contribution in [0.3, 0.4) is 0 Å². The van der Waals surface area contributed by atoms with Gasteiger partial charge in [0, 0.05) is 23.3 Å². The summed E-state index contributed by atoms with van der Waals surface area (Å²) in [5.41, 5.74) is 1.63. The minimum Gasteiger partial charge on any atom is -0.451 e. The van der Waals surface area contributed by atoms with Crippen molar-refractivity contribution >= 4 is 11.0 Å². The zero-order valence-corrected chi connectivity index (χ0v) is 10.4. The van der Waals surface area contributed by atoms with Crippen molar-refractivity contribution in [2.45, 2.75) is 0 Å². The van der Waals surface area contributed by atoms with Crippen LogP contribution in [0.5, 0.6) is 0 Å². The quantitative estimate of drug-likeness (QED) is 0.553. The first-order chi connectivity index (χ1) is 9.90. The first kappa shape index (κ1) is 10.9. The summed E-state index contributed by atoms with van der Waals surface area (Å²) < 4.78 is 11.3. The number of fused-ring (bicyclic) bond motifs is 1. The Balaban J connectivity index is 1.78. The van der Waals surface area contributed by atoms with Gasteiger partial charge in [-0.2, -0.15) is 0 Å². The summed E-state index contributed by atoms with van der Waals surface area (Å²) in [4.78, 5) is 3.96. The van der Waals surface area contributed by atoms with Gasteiger partial charge >= 0.3 is 0 Å². The highest BCUT2D eigenvalue weighted by Crippen LogP contribution is 2.28. The number of pyridine rings is 1. The van der Waals surface area contributed by atoms with Gasteiger partial charge < -0.3 is 8.83 Å². The summed E-state index contributed by atoms with van der Waals surface area (Å²) in [6, 6.07) is 13.3. The van der Waals surface area contributed by atoms with Gasteiger partial charge in [-0.1, -0.05) is 18.2 Å². The van der Waals surface area contributed by atoms with E-state index in [0.29, 0.717) is 17.5 Å². The van der Waals surface area contributed by atoms with Crippen LogP contribution in [-0.4, -0.2) is 15.2 Å². The van der Waals surface area contributed by atoms with Crippen LogP contribution in [0, 0.1) is 0 Å². The number of furan rings is 1. The van der Waals surface area contributed by atoms with Crippen LogP contribution >= 0.6 is 0 Å². The molecule has 0 N–H and O–H groups in total. The van der Waals surface area contributed by atoms with Gasteiger partial charge in [-0.15, -0.1) is 10.2 Å². The van der Waals surface area contributed by atoms with E-state index in [9.17, 15) is 0 Å². The van der Waals surface area contributed by atoms with Gasteiger partial charge in [0.1, 0.15) is 5.58 Å². The molecule has 0 bridgehead atoms. The standard InChI is InChI=1S/C15H9N3O2/c1-2-4-12-11(3-1)9-13(19-12)15-18-17-14(20-15)10-5-7-16-8-6-10/h1-9H. The lowest BCUT2D eigenvalue weighted by Gasteiger charge is -1.91. The number of hydrogen-bond donors (Lipinski definition) is 0. The van der Waals surface area contributed by atoms with E-state index in [1.807, 2.05) is 42.5 Å². The molecule has 0 atom stereocenters. The molecule has 4 aromatic rings. The molecule has 1 aromatic carbocycles. The van der Waals surface area contributed by atoms with Gasteiger partial charge in [0.05, 0.1) is 0 Å². The molecule has 4 rings (SSSR count). The minimum atomic E-state index is 0.369. The lowest BCUT2D eigenvalue weighted by atomic mass is 10.2. The third kappa shape index (κ3) is 1.76. The molecule has 0 aliphatic carbocycles. The van der Waals surface area contributed by atoms with Crippen LogP contribution in [0.4, 0.5) is 0 Å². The van der Waals surface area contributed by atoms with Crippen LogP contribution in [0.25, 0.3) is 34.1 Å². The number of rotatable bonds is 2. The van der Waals surface area contributed by atoms with Gasteiger partial charge in [-0.25, -0.2) is 0 Å². The average Bonchev–Trinajstić information content (AvgIpc) is 3.14. The molecule has 5 heteroatoms. The van der Waals surface area contributed by atoms with Crippen molar-refractivity contribution in [1.29, 1.82) is 0 Å². The highest BCUT2D eigenvalue weighted by molar-refractivity contribution is 5.81. The Morgan fingerprint density at radius 1 is 0.800 bits per heavy atom. The molecule has 96 valence electrons. The Kier molecular flexibility index (Phi) is 2.35.